The predicted molar refractivity (Wildman–Crippen MR) is 104 cm³/mol. The summed E-state index contributed by atoms with van der Waals surface area (Å²) in [6.45, 7) is 9.39. The van der Waals surface area contributed by atoms with Crippen LogP contribution >= 0.6 is 0 Å². The molecule has 4 nitrogen and oxygen atoms in total. The number of primary amides is 1. The predicted octanol–water partition coefficient (Wildman–Crippen LogP) is 4.36. The first kappa shape index (κ1) is 19.7. The van der Waals surface area contributed by atoms with Crippen molar-refractivity contribution in [2.45, 2.75) is 46.6 Å². The maximum atomic E-state index is 12.5. The number of hydrogen-bond donors (Lipinski definition) is 1. The van der Waals surface area contributed by atoms with Gasteiger partial charge in [0.15, 0.2) is 0 Å². The third-order valence-corrected chi connectivity index (χ3v) is 4.00. The summed E-state index contributed by atoms with van der Waals surface area (Å²) in [7, 11) is 0. The Morgan fingerprint density at radius 2 is 1.50 bits per heavy atom. The smallest absolute Gasteiger partial charge is 0.312 e. The average molecular weight is 353 g/mol. The molecular formula is C22H27NO3. The zero-order valence-corrected chi connectivity index (χ0v) is 16.1. The van der Waals surface area contributed by atoms with E-state index in [1.54, 1.807) is 12.1 Å². The molecule has 2 rings (SSSR count). The third-order valence-electron chi connectivity index (χ3n) is 4.00. The van der Waals surface area contributed by atoms with Crippen molar-refractivity contribution in [1.82, 2.24) is 0 Å². The summed E-state index contributed by atoms with van der Waals surface area (Å²) in [5.74, 6) is -0.666. The summed E-state index contributed by atoms with van der Waals surface area (Å²) in [6, 6.07) is 15.2. The second kappa shape index (κ2) is 7.32. The molecule has 0 radical (unpaired) electrons. The van der Waals surface area contributed by atoms with Crippen LogP contribution in [0.2, 0.25) is 0 Å². The van der Waals surface area contributed by atoms with Gasteiger partial charge in [-0.3, -0.25) is 9.59 Å². The molecular weight excluding hydrogens is 326 g/mol. The number of carbonyl (C=O) groups excluding carboxylic acids is 2. The van der Waals surface area contributed by atoms with Gasteiger partial charge in [-0.15, -0.1) is 0 Å². The van der Waals surface area contributed by atoms with Crippen molar-refractivity contribution in [3.63, 3.8) is 0 Å². The van der Waals surface area contributed by atoms with Gasteiger partial charge in [0.25, 0.3) is 0 Å². The third kappa shape index (κ3) is 5.19. The molecule has 0 unspecified atom stereocenters. The highest BCUT2D eigenvalue weighted by Crippen LogP contribution is 2.28. The zero-order valence-electron chi connectivity index (χ0n) is 16.1. The van der Waals surface area contributed by atoms with Crippen LogP contribution in [-0.2, 0) is 16.0 Å². The summed E-state index contributed by atoms with van der Waals surface area (Å²) in [4.78, 5) is 23.9. The van der Waals surface area contributed by atoms with Crippen LogP contribution in [-0.4, -0.2) is 17.5 Å². The normalized spacial score (nSPS) is 11.9. The Hall–Kier alpha value is -2.62. The van der Waals surface area contributed by atoms with Crippen LogP contribution in [0.3, 0.4) is 0 Å². The Bertz CT molecular complexity index is 816. The molecule has 2 aromatic rings. The first-order chi connectivity index (χ1) is 12.0. The van der Waals surface area contributed by atoms with Crippen molar-refractivity contribution >= 4 is 11.9 Å². The van der Waals surface area contributed by atoms with Gasteiger partial charge in [-0.1, -0.05) is 36.4 Å². The minimum atomic E-state index is -0.638. The van der Waals surface area contributed by atoms with Crippen LogP contribution in [0.1, 0.15) is 50.5 Å². The van der Waals surface area contributed by atoms with Crippen LogP contribution in [0, 0.1) is 5.41 Å². The first-order valence-corrected chi connectivity index (χ1v) is 8.71. The number of nitrogens with two attached hydrogens (primary N) is 1. The molecule has 2 N–H and O–H groups in total. The van der Waals surface area contributed by atoms with E-state index in [0.717, 1.165) is 16.7 Å². The summed E-state index contributed by atoms with van der Waals surface area (Å²) in [5.41, 5.74) is 7.62. The van der Waals surface area contributed by atoms with E-state index in [-0.39, 0.29) is 5.97 Å². The lowest BCUT2D eigenvalue weighted by molar-refractivity contribution is -0.165. The van der Waals surface area contributed by atoms with Crippen molar-refractivity contribution in [2.75, 3.05) is 0 Å². The fourth-order valence-electron chi connectivity index (χ4n) is 2.71. The maximum absolute atomic E-state index is 12.5. The largest absolute Gasteiger partial charge is 0.460 e. The van der Waals surface area contributed by atoms with Gasteiger partial charge in [0.2, 0.25) is 5.91 Å². The molecule has 0 spiro atoms. The van der Waals surface area contributed by atoms with Crippen LogP contribution in [0.15, 0.2) is 48.5 Å². The lowest BCUT2D eigenvalue weighted by atomic mass is 9.85. The van der Waals surface area contributed by atoms with Crippen LogP contribution in [0.4, 0.5) is 0 Å². The highest BCUT2D eigenvalue weighted by molar-refractivity contribution is 5.94. The fourth-order valence-corrected chi connectivity index (χ4v) is 2.71. The first-order valence-electron chi connectivity index (χ1n) is 8.71. The number of hydrogen-bond acceptors (Lipinski definition) is 3. The molecule has 0 aliphatic carbocycles. The van der Waals surface area contributed by atoms with Gasteiger partial charge < -0.3 is 10.5 Å². The molecule has 26 heavy (non-hydrogen) atoms. The second-order valence-electron chi connectivity index (χ2n) is 8.21. The topological polar surface area (TPSA) is 69.4 Å². The van der Waals surface area contributed by atoms with Gasteiger partial charge in [0.05, 0.1) is 5.41 Å². The Morgan fingerprint density at radius 1 is 0.923 bits per heavy atom. The van der Waals surface area contributed by atoms with Crippen molar-refractivity contribution < 1.29 is 14.3 Å². The summed E-state index contributed by atoms with van der Waals surface area (Å²) in [5, 5.41) is 0. The van der Waals surface area contributed by atoms with E-state index >= 15 is 0 Å². The monoisotopic (exact) mass is 353 g/mol. The lowest BCUT2D eigenvalue weighted by Gasteiger charge is -2.28. The molecule has 0 bridgehead atoms. The van der Waals surface area contributed by atoms with Gasteiger partial charge in [-0.25, -0.2) is 0 Å². The van der Waals surface area contributed by atoms with Gasteiger partial charge in [0.1, 0.15) is 5.60 Å². The maximum Gasteiger partial charge on any atom is 0.312 e. The molecule has 0 aliphatic rings. The second-order valence-corrected chi connectivity index (χ2v) is 8.21. The van der Waals surface area contributed by atoms with Gasteiger partial charge in [0, 0.05) is 5.56 Å². The number of esters is 1. The van der Waals surface area contributed by atoms with E-state index in [1.807, 2.05) is 71.0 Å². The van der Waals surface area contributed by atoms with Crippen molar-refractivity contribution in [3.05, 3.63) is 59.7 Å². The molecule has 0 fully saturated rings. The molecule has 138 valence electrons. The Labute approximate surface area is 155 Å². The van der Waals surface area contributed by atoms with Gasteiger partial charge in [-0.05, 0) is 69.9 Å². The molecule has 0 aliphatic heterocycles. The highest BCUT2D eigenvalue weighted by Gasteiger charge is 2.32. The fraction of sp³-hybridized carbons (Fsp3) is 0.364. The summed E-state index contributed by atoms with van der Waals surface area (Å²) in [6.07, 6.45) is 0.561. The number of benzene rings is 2. The number of carbonyl (C=O) groups is 2. The van der Waals surface area contributed by atoms with E-state index < -0.39 is 16.9 Å². The Morgan fingerprint density at radius 3 is 2.08 bits per heavy atom. The standard InChI is InChI=1S/C22H27NO3/c1-21(2,3)26-20(25)22(4,5)14-15-8-6-9-16(12-15)17-10-7-11-18(13-17)19(23)24/h6-13H,14H2,1-5H3,(H2,23,24). The molecule has 0 atom stereocenters. The van der Waals surface area contributed by atoms with Gasteiger partial charge >= 0.3 is 5.97 Å². The minimum Gasteiger partial charge on any atom is -0.460 e. The Kier molecular flexibility index (Phi) is 5.55. The van der Waals surface area contributed by atoms with Crippen LogP contribution in [0.25, 0.3) is 11.1 Å². The summed E-state index contributed by atoms with van der Waals surface area (Å²) >= 11 is 0. The molecule has 0 heterocycles. The van der Waals surface area contributed by atoms with Crippen molar-refractivity contribution in [1.29, 1.82) is 0 Å². The van der Waals surface area contributed by atoms with E-state index in [0.29, 0.717) is 12.0 Å². The van der Waals surface area contributed by atoms with Crippen LogP contribution in [0.5, 0.6) is 0 Å². The van der Waals surface area contributed by atoms with Gasteiger partial charge in [-0.2, -0.15) is 0 Å². The SMILES string of the molecule is CC(C)(C)OC(=O)C(C)(C)Cc1cccc(-c2cccc(C(N)=O)c2)c1. The van der Waals surface area contributed by atoms with E-state index in [1.165, 1.54) is 0 Å². The Balaban J connectivity index is 2.25. The van der Waals surface area contributed by atoms with Crippen molar-refractivity contribution in [2.24, 2.45) is 11.1 Å². The molecule has 0 saturated carbocycles. The molecule has 1 amide bonds. The number of rotatable bonds is 5. The summed E-state index contributed by atoms with van der Waals surface area (Å²) < 4.78 is 5.54. The molecule has 0 saturated heterocycles. The van der Waals surface area contributed by atoms with Crippen LogP contribution < -0.4 is 5.73 Å². The number of ether oxygens (including phenoxy) is 1. The van der Waals surface area contributed by atoms with E-state index in [4.69, 9.17) is 10.5 Å². The number of amides is 1. The van der Waals surface area contributed by atoms with E-state index in [2.05, 4.69) is 0 Å². The average Bonchev–Trinajstić information content (AvgIpc) is 2.53. The highest BCUT2D eigenvalue weighted by atomic mass is 16.6. The molecule has 0 aromatic heterocycles. The quantitative estimate of drug-likeness (QED) is 0.812. The molecule has 4 heteroatoms. The molecule has 2 aromatic carbocycles. The van der Waals surface area contributed by atoms with Crippen molar-refractivity contribution in [3.8, 4) is 11.1 Å². The van der Waals surface area contributed by atoms with E-state index in [9.17, 15) is 9.59 Å². The minimum absolute atomic E-state index is 0.217. The lowest BCUT2D eigenvalue weighted by Crippen LogP contribution is -2.35. The zero-order chi connectivity index (χ0) is 19.5.